The Bertz CT molecular complexity index is 1050. The molecule has 1 saturated heterocycles. The fraction of sp³-hybridized carbons (Fsp3) is 0.231. The van der Waals surface area contributed by atoms with E-state index in [0.717, 1.165) is 18.8 Å². The lowest BCUT2D eigenvalue weighted by molar-refractivity contribution is -0.140. The highest BCUT2D eigenvalue weighted by molar-refractivity contribution is 5.94. The van der Waals surface area contributed by atoms with Crippen LogP contribution in [0.4, 0.5) is 5.69 Å². The molecule has 1 atom stereocenters. The van der Waals surface area contributed by atoms with E-state index in [1.54, 1.807) is 36.1 Å². The van der Waals surface area contributed by atoms with Crippen LogP contribution in [0.5, 0.6) is 11.5 Å². The second kappa shape index (κ2) is 10.0. The lowest BCUT2D eigenvalue weighted by atomic mass is 10.2. The molecule has 0 saturated carbocycles. The SMILES string of the molecule is CC(OC(=O)c1ccccc1Oc1ccccc1)C(=O)N1CCN(c2ccccc2)CC1. The molecule has 0 radical (unpaired) electrons. The van der Waals surface area contributed by atoms with Gasteiger partial charge in [-0.3, -0.25) is 4.79 Å². The topological polar surface area (TPSA) is 59.1 Å². The van der Waals surface area contributed by atoms with Crippen molar-refractivity contribution < 1.29 is 19.1 Å². The summed E-state index contributed by atoms with van der Waals surface area (Å²) >= 11 is 0. The number of amides is 1. The van der Waals surface area contributed by atoms with Gasteiger partial charge >= 0.3 is 5.97 Å². The van der Waals surface area contributed by atoms with Crippen LogP contribution in [0, 0.1) is 0 Å². The highest BCUT2D eigenvalue weighted by Crippen LogP contribution is 2.26. The minimum Gasteiger partial charge on any atom is -0.456 e. The number of hydrogen-bond acceptors (Lipinski definition) is 5. The Labute approximate surface area is 188 Å². The third kappa shape index (κ3) is 5.09. The molecular formula is C26H26N2O4. The predicted molar refractivity (Wildman–Crippen MR) is 123 cm³/mol. The molecule has 1 fully saturated rings. The van der Waals surface area contributed by atoms with Crippen LogP contribution >= 0.6 is 0 Å². The summed E-state index contributed by atoms with van der Waals surface area (Å²) < 4.78 is 11.4. The van der Waals surface area contributed by atoms with Crippen molar-refractivity contribution in [1.29, 1.82) is 0 Å². The maximum Gasteiger partial charge on any atom is 0.342 e. The van der Waals surface area contributed by atoms with Crippen molar-refractivity contribution in [3.05, 3.63) is 90.5 Å². The first-order valence-corrected chi connectivity index (χ1v) is 10.7. The zero-order valence-electron chi connectivity index (χ0n) is 18.0. The van der Waals surface area contributed by atoms with E-state index >= 15 is 0 Å². The molecule has 3 aromatic rings. The summed E-state index contributed by atoms with van der Waals surface area (Å²) in [6.07, 6.45) is -0.879. The van der Waals surface area contributed by atoms with Gasteiger partial charge in [0, 0.05) is 31.9 Å². The Morgan fingerprint density at radius 1 is 0.781 bits per heavy atom. The number of esters is 1. The number of rotatable bonds is 6. The van der Waals surface area contributed by atoms with Gasteiger partial charge in [-0.15, -0.1) is 0 Å². The largest absolute Gasteiger partial charge is 0.456 e. The van der Waals surface area contributed by atoms with E-state index < -0.39 is 12.1 Å². The third-order valence-corrected chi connectivity index (χ3v) is 5.42. The normalized spacial score (nSPS) is 14.5. The molecule has 0 aliphatic carbocycles. The quantitative estimate of drug-likeness (QED) is 0.544. The smallest absolute Gasteiger partial charge is 0.342 e. The van der Waals surface area contributed by atoms with Crippen LogP contribution in [-0.4, -0.2) is 49.1 Å². The minimum atomic E-state index is -0.879. The molecular weight excluding hydrogens is 404 g/mol. The molecule has 0 N–H and O–H groups in total. The third-order valence-electron chi connectivity index (χ3n) is 5.42. The number of nitrogens with zero attached hydrogens (tertiary/aromatic N) is 2. The molecule has 32 heavy (non-hydrogen) atoms. The van der Waals surface area contributed by atoms with Crippen LogP contribution in [-0.2, 0) is 9.53 Å². The van der Waals surface area contributed by atoms with Crippen molar-refractivity contribution >= 4 is 17.6 Å². The van der Waals surface area contributed by atoms with Gasteiger partial charge in [-0.25, -0.2) is 4.79 Å². The molecule has 1 unspecified atom stereocenters. The molecule has 0 aromatic heterocycles. The van der Waals surface area contributed by atoms with E-state index in [9.17, 15) is 9.59 Å². The van der Waals surface area contributed by atoms with Gasteiger partial charge in [0.15, 0.2) is 6.10 Å². The lowest BCUT2D eigenvalue weighted by Gasteiger charge is -2.37. The average molecular weight is 431 g/mol. The van der Waals surface area contributed by atoms with Crippen LogP contribution in [0.15, 0.2) is 84.9 Å². The Morgan fingerprint density at radius 3 is 2.06 bits per heavy atom. The molecule has 1 heterocycles. The summed E-state index contributed by atoms with van der Waals surface area (Å²) in [6, 6.07) is 26.2. The van der Waals surface area contributed by atoms with Crippen molar-refractivity contribution in [2.75, 3.05) is 31.1 Å². The summed E-state index contributed by atoms with van der Waals surface area (Å²) in [4.78, 5) is 29.7. The molecule has 0 bridgehead atoms. The molecule has 4 rings (SSSR count). The lowest BCUT2D eigenvalue weighted by Crippen LogP contribution is -2.51. The van der Waals surface area contributed by atoms with Gasteiger partial charge in [-0.2, -0.15) is 0 Å². The zero-order chi connectivity index (χ0) is 22.3. The summed E-state index contributed by atoms with van der Waals surface area (Å²) in [7, 11) is 0. The Hall–Kier alpha value is -3.80. The van der Waals surface area contributed by atoms with Crippen LogP contribution in [0.1, 0.15) is 17.3 Å². The fourth-order valence-corrected chi connectivity index (χ4v) is 3.70. The maximum absolute atomic E-state index is 12.9. The van der Waals surface area contributed by atoms with Gasteiger partial charge in [0.25, 0.3) is 5.91 Å². The molecule has 1 aliphatic heterocycles. The highest BCUT2D eigenvalue weighted by Gasteiger charge is 2.28. The van der Waals surface area contributed by atoms with E-state index in [4.69, 9.17) is 9.47 Å². The van der Waals surface area contributed by atoms with Gasteiger partial charge in [0.2, 0.25) is 0 Å². The van der Waals surface area contributed by atoms with Crippen molar-refractivity contribution in [1.82, 2.24) is 4.90 Å². The van der Waals surface area contributed by atoms with Gasteiger partial charge in [-0.05, 0) is 43.3 Å². The summed E-state index contributed by atoms with van der Waals surface area (Å²) in [5.74, 6) is 0.237. The molecule has 164 valence electrons. The molecule has 1 aliphatic rings. The molecule has 0 spiro atoms. The van der Waals surface area contributed by atoms with Gasteiger partial charge in [-0.1, -0.05) is 48.5 Å². The first-order chi connectivity index (χ1) is 15.6. The number of piperazine rings is 1. The molecule has 1 amide bonds. The Morgan fingerprint density at radius 2 is 1.38 bits per heavy atom. The number of ether oxygens (including phenoxy) is 2. The standard InChI is InChI=1S/C26H26N2O4/c1-20(25(29)28-18-16-27(17-19-28)21-10-4-2-5-11-21)31-26(30)23-14-8-9-15-24(23)32-22-12-6-3-7-13-22/h2-15,20H,16-19H2,1H3. The first kappa shape index (κ1) is 21.4. The summed E-state index contributed by atoms with van der Waals surface area (Å²) in [6.45, 7) is 4.27. The van der Waals surface area contributed by atoms with Crippen molar-refractivity contribution in [3.8, 4) is 11.5 Å². The van der Waals surface area contributed by atoms with Crippen molar-refractivity contribution in [3.63, 3.8) is 0 Å². The van der Waals surface area contributed by atoms with E-state index in [-0.39, 0.29) is 11.5 Å². The number of carbonyl (C=O) groups is 2. The molecule has 6 nitrogen and oxygen atoms in total. The molecule has 3 aromatic carbocycles. The number of anilines is 1. The minimum absolute atomic E-state index is 0.187. The van der Waals surface area contributed by atoms with Crippen molar-refractivity contribution in [2.24, 2.45) is 0 Å². The van der Waals surface area contributed by atoms with E-state index in [1.165, 1.54) is 0 Å². The second-order valence-corrected chi connectivity index (χ2v) is 7.61. The van der Waals surface area contributed by atoms with Crippen LogP contribution in [0.2, 0.25) is 0 Å². The Balaban J connectivity index is 1.35. The number of carbonyl (C=O) groups excluding carboxylic acids is 2. The average Bonchev–Trinajstić information content (AvgIpc) is 2.85. The summed E-state index contributed by atoms with van der Waals surface area (Å²) in [5, 5.41) is 0. The van der Waals surface area contributed by atoms with E-state index in [2.05, 4.69) is 17.0 Å². The van der Waals surface area contributed by atoms with E-state index in [1.807, 2.05) is 48.5 Å². The highest BCUT2D eigenvalue weighted by atomic mass is 16.5. The number of para-hydroxylation sites is 3. The van der Waals surface area contributed by atoms with Gasteiger partial charge in [0.05, 0.1) is 0 Å². The van der Waals surface area contributed by atoms with Crippen LogP contribution in [0.25, 0.3) is 0 Å². The first-order valence-electron chi connectivity index (χ1n) is 10.7. The molecule has 6 heteroatoms. The fourth-order valence-electron chi connectivity index (χ4n) is 3.70. The zero-order valence-corrected chi connectivity index (χ0v) is 18.0. The van der Waals surface area contributed by atoms with Crippen molar-refractivity contribution in [2.45, 2.75) is 13.0 Å². The predicted octanol–water partition coefficient (Wildman–Crippen LogP) is 4.37. The monoisotopic (exact) mass is 430 g/mol. The number of hydrogen-bond donors (Lipinski definition) is 0. The van der Waals surface area contributed by atoms with Gasteiger partial charge < -0.3 is 19.3 Å². The Kier molecular flexibility index (Phi) is 6.70. The maximum atomic E-state index is 12.9. The summed E-state index contributed by atoms with van der Waals surface area (Å²) in [5.41, 5.74) is 1.43. The van der Waals surface area contributed by atoms with E-state index in [0.29, 0.717) is 24.6 Å². The van der Waals surface area contributed by atoms with Crippen LogP contribution in [0.3, 0.4) is 0 Å². The number of benzene rings is 3. The van der Waals surface area contributed by atoms with Gasteiger partial charge in [0.1, 0.15) is 17.1 Å². The van der Waals surface area contributed by atoms with Crippen LogP contribution < -0.4 is 9.64 Å². The second-order valence-electron chi connectivity index (χ2n) is 7.61.